The number of aromatic nitrogens is 4. The first-order valence-electron chi connectivity index (χ1n) is 7.25. The number of alkyl halides is 3. The topological polar surface area (TPSA) is 63.8 Å². The third kappa shape index (κ3) is 2.75. The fourth-order valence-electron chi connectivity index (χ4n) is 2.32. The molecule has 1 aromatic carbocycles. The van der Waals surface area contributed by atoms with Crippen molar-refractivity contribution in [1.82, 2.24) is 19.5 Å². The Balaban J connectivity index is 1.95. The number of fused-ring (bicyclic) bond motifs is 1. The van der Waals surface area contributed by atoms with Crippen molar-refractivity contribution in [3.05, 3.63) is 36.4 Å². The van der Waals surface area contributed by atoms with Crippen molar-refractivity contribution < 1.29 is 18.3 Å². The zero-order chi connectivity index (χ0) is 16.9. The van der Waals surface area contributed by atoms with Crippen LogP contribution in [0.4, 0.5) is 13.2 Å². The molecular formula is C15H11AsF3N4O. The average Bonchev–Trinajstić information content (AvgIpc) is 3.23. The molecule has 1 N–H and O–H groups in total. The number of aromatic hydroxyl groups is 1. The van der Waals surface area contributed by atoms with E-state index in [1.165, 1.54) is 17.0 Å². The molecule has 2 heterocycles. The molecule has 0 saturated heterocycles. The van der Waals surface area contributed by atoms with Crippen molar-refractivity contribution in [3.63, 3.8) is 0 Å². The second-order valence-corrected chi connectivity index (χ2v) is 8.47. The minimum absolute atomic E-state index is 0.0546. The van der Waals surface area contributed by atoms with Crippen molar-refractivity contribution in [1.29, 1.82) is 0 Å². The van der Waals surface area contributed by atoms with Gasteiger partial charge in [0.15, 0.2) is 0 Å². The molecule has 1 fully saturated rings. The van der Waals surface area contributed by atoms with E-state index in [1.807, 2.05) is 0 Å². The number of phenols is 1. The van der Waals surface area contributed by atoms with Gasteiger partial charge in [0.05, 0.1) is 0 Å². The monoisotopic (exact) mass is 395 g/mol. The van der Waals surface area contributed by atoms with Crippen LogP contribution in [-0.2, 0) is 6.18 Å². The summed E-state index contributed by atoms with van der Waals surface area (Å²) in [6, 6.07) is 6.38. The van der Waals surface area contributed by atoms with Gasteiger partial charge in [-0.25, -0.2) is 0 Å². The second kappa shape index (κ2) is 5.48. The van der Waals surface area contributed by atoms with Crippen LogP contribution in [0.25, 0.3) is 16.9 Å². The Morgan fingerprint density at radius 2 is 1.92 bits per heavy atom. The summed E-state index contributed by atoms with van der Waals surface area (Å²) >= 11 is -0.480. The van der Waals surface area contributed by atoms with Crippen molar-refractivity contribution in [2.45, 2.75) is 23.7 Å². The van der Waals surface area contributed by atoms with E-state index in [2.05, 4.69) is 15.0 Å². The molecule has 0 bridgehead atoms. The van der Waals surface area contributed by atoms with E-state index in [0.29, 0.717) is 20.4 Å². The molecule has 24 heavy (non-hydrogen) atoms. The van der Waals surface area contributed by atoms with E-state index in [1.54, 1.807) is 18.2 Å². The molecule has 1 radical (unpaired) electrons. The Labute approximate surface area is 141 Å². The molecule has 9 heteroatoms. The van der Waals surface area contributed by atoms with Gasteiger partial charge in [0.1, 0.15) is 0 Å². The molecule has 1 aliphatic rings. The number of benzene rings is 1. The van der Waals surface area contributed by atoms with Gasteiger partial charge in [0.2, 0.25) is 0 Å². The van der Waals surface area contributed by atoms with Crippen LogP contribution in [0.2, 0.25) is 4.71 Å². The predicted octanol–water partition coefficient (Wildman–Crippen LogP) is 2.45. The summed E-state index contributed by atoms with van der Waals surface area (Å²) in [6.07, 6.45) is -1.17. The van der Waals surface area contributed by atoms with Gasteiger partial charge in [0.25, 0.3) is 0 Å². The molecule has 0 spiro atoms. The van der Waals surface area contributed by atoms with E-state index in [-0.39, 0.29) is 11.4 Å². The van der Waals surface area contributed by atoms with Crippen LogP contribution in [0, 0.1) is 0 Å². The summed E-state index contributed by atoms with van der Waals surface area (Å²) < 4.78 is 41.8. The van der Waals surface area contributed by atoms with Gasteiger partial charge in [-0.15, -0.1) is 0 Å². The zero-order valence-corrected chi connectivity index (χ0v) is 14.1. The Morgan fingerprint density at radius 1 is 1.17 bits per heavy atom. The van der Waals surface area contributed by atoms with Gasteiger partial charge in [-0.3, -0.25) is 0 Å². The quantitative estimate of drug-likeness (QED) is 0.693. The molecule has 4 rings (SSSR count). The average molecular weight is 395 g/mol. The summed E-state index contributed by atoms with van der Waals surface area (Å²) in [4.78, 5) is 11.7. The maximum atomic E-state index is 13.2. The third-order valence-corrected chi connectivity index (χ3v) is 6.64. The molecular weight excluding hydrogens is 384 g/mol. The van der Waals surface area contributed by atoms with Crippen LogP contribution < -0.4 is 4.48 Å². The first-order chi connectivity index (χ1) is 11.4. The Bertz CT molecular complexity index is 921. The number of rotatable bonds is 3. The van der Waals surface area contributed by atoms with Crippen LogP contribution in [-0.4, -0.2) is 40.4 Å². The minimum atomic E-state index is -4.62. The van der Waals surface area contributed by atoms with Crippen LogP contribution in [0.5, 0.6) is 5.75 Å². The van der Waals surface area contributed by atoms with E-state index in [4.69, 9.17) is 0 Å². The maximum absolute atomic E-state index is 13.2. The van der Waals surface area contributed by atoms with E-state index < -0.39 is 27.8 Å². The van der Waals surface area contributed by atoms with Gasteiger partial charge in [-0.1, -0.05) is 0 Å². The summed E-state index contributed by atoms with van der Waals surface area (Å²) in [6.45, 7) is 0. The molecule has 2 aromatic heterocycles. The summed E-state index contributed by atoms with van der Waals surface area (Å²) in [5, 5.41) is 9.99. The van der Waals surface area contributed by atoms with E-state index in [9.17, 15) is 18.3 Å². The van der Waals surface area contributed by atoms with Crippen molar-refractivity contribution >= 4 is 31.4 Å². The number of phenolic OH excluding ortho intramolecular Hbond substituents is 1. The van der Waals surface area contributed by atoms with Gasteiger partial charge in [-0.2, -0.15) is 0 Å². The number of para-hydroxylation sites is 2. The fourth-order valence-corrected chi connectivity index (χ4v) is 4.81. The molecule has 0 unspecified atom stereocenters. The van der Waals surface area contributed by atoms with E-state index >= 15 is 0 Å². The van der Waals surface area contributed by atoms with Crippen LogP contribution in [0.15, 0.2) is 30.6 Å². The summed E-state index contributed by atoms with van der Waals surface area (Å²) in [7, 11) is 0. The molecule has 0 aliphatic heterocycles. The molecule has 3 aromatic rings. The Hall–Kier alpha value is -2.08. The Kier molecular flexibility index (Phi) is 3.53. The van der Waals surface area contributed by atoms with Crippen molar-refractivity contribution in [3.8, 4) is 11.4 Å². The number of nitrogens with zero attached hydrogens (tertiary/aromatic N) is 4. The van der Waals surface area contributed by atoms with Gasteiger partial charge >= 0.3 is 141 Å². The molecule has 123 valence electrons. The molecule has 5 nitrogen and oxygen atoms in total. The third-order valence-electron chi connectivity index (χ3n) is 3.62. The van der Waals surface area contributed by atoms with Crippen LogP contribution in [0.3, 0.4) is 0 Å². The number of hydrogen-bond acceptors (Lipinski definition) is 4. The standard InChI is InChI=1S/C15H11AsF3N4O/c17-15(18,19)14-21-12(16-8-5-6-8)11-13(22-14)23(7-20-11)9-3-1-2-4-10(9)24/h1-4,7-8,24H,5-6H2. The van der Waals surface area contributed by atoms with E-state index in [0.717, 1.165) is 12.8 Å². The second-order valence-electron chi connectivity index (χ2n) is 5.50. The number of halogens is 3. The first kappa shape index (κ1) is 15.4. The van der Waals surface area contributed by atoms with Crippen molar-refractivity contribution in [2.24, 2.45) is 0 Å². The summed E-state index contributed by atoms with van der Waals surface area (Å²) in [5.74, 6) is -1.21. The number of imidazole rings is 1. The predicted molar refractivity (Wildman–Crippen MR) is 81.7 cm³/mol. The van der Waals surface area contributed by atoms with Gasteiger partial charge in [-0.05, 0) is 0 Å². The Morgan fingerprint density at radius 3 is 2.58 bits per heavy atom. The number of hydrogen-bond donors (Lipinski definition) is 1. The molecule has 0 atom stereocenters. The normalized spacial score (nSPS) is 15.6. The van der Waals surface area contributed by atoms with Crippen molar-refractivity contribution in [2.75, 3.05) is 0 Å². The SMILES string of the molecule is Oc1ccccc1-n1cnc2c([As]C3CC3)nc(C(F)(F)F)nc21. The molecule has 1 saturated carbocycles. The molecule has 0 amide bonds. The van der Waals surface area contributed by atoms with Crippen LogP contribution in [0.1, 0.15) is 18.7 Å². The van der Waals surface area contributed by atoms with Crippen LogP contribution >= 0.6 is 0 Å². The fraction of sp³-hybridized carbons (Fsp3) is 0.267. The molecule has 1 aliphatic carbocycles. The van der Waals surface area contributed by atoms with Gasteiger partial charge < -0.3 is 0 Å². The first-order valence-corrected chi connectivity index (χ1v) is 9.27. The van der Waals surface area contributed by atoms with Gasteiger partial charge in [0, 0.05) is 0 Å². The summed E-state index contributed by atoms with van der Waals surface area (Å²) in [5.41, 5.74) is 0.795. The zero-order valence-electron chi connectivity index (χ0n) is 12.2.